The van der Waals surface area contributed by atoms with E-state index in [4.69, 9.17) is 5.11 Å². The molecule has 0 saturated carbocycles. The number of carbonyl (C=O) groups excluding carboxylic acids is 1. The van der Waals surface area contributed by atoms with Crippen LogP contribution in [-0.4, -0.2) is 35.6 Å². The summed E-state index contributed by atoms with van der Waals surface area (Å²) in [6, 6.07) is 8.09. The second kappa shape index (κ2) is 9.14. The van der Waals surface area contributed by atoms with Gasteiger partial charge in [-0.2, -0.15) is 0 Å². The van der Waals surface area contributed by atoms with E-state index in [2.05, 4.69) is 29.8 Å². The fraction of sp³-hybridized carbons (Fsp3) is 0.562. The molecule has 20 heavy (non-hydrogen) atoms. The van der Waals surface area contributed by atoms with Crippen molar-refractivity contribution < 1.29 is 9.90 Å². The minimum absolute atomic E-state index is 0.0299. The molecule has 1 unspecified atom stereocenters. The molecule has 0 fully saturated rings. The number of hydrogen-bond acceptors (Lipinski definition) is 2. The number of carbonyl (C=O) groups is 1. The normalized spacial score (nSPS) is 12.2. The van der Waals surface area contributed by atoms with E-state index in [0.29, 0.717) is 13.0 Å². The molecule has 0 bridgehead atoms. The summed E-state index contributed by atoms with van der Waals surface area (Å²) in [7, 11) is 0. The molecule has 0 spiro atoms. The van der Waals surface area contributed by atoms with E-state index in [1.165, 1.54) is 5.56 Å². The van der Waals surface area contributed by atoms with E-state index in [-0.39, 0.29) is 18.4 Å². The molecule has 0 saturated heterocycles. The average Bonchev–Trinajstić information content (AvgIpc) is 2.43. The molecule has 1 aromatic carbocycles. The van der Waals surface area contributed by atoms with Crippen LogP contribution >= 0.6 is 15.9 Å². The highest BCUT2D eigenvalue weighted by atomic mass is 79.9. The molecular weight excluding hydrogens is 318 g/mol. The smallest absolute Gasteiger partial charge is 0.223 e. The SMILES string of the molecule is CCCCN(CCO)C(=O)CC(C)c1ccc(Br)cc1. The van der Waals surface area contributed by atoms with Crippen molar-refractivity contribution in [3.8, 4) is 0 Å². The Labute approximate surface area is 130 Å². The van der Waals surface area contributed by atoms with Crippen molar-refractivity contribution in [3.63, 3.8) is 0 Å². The third kappa shape index (κ3) is 5.63. The lowest BCUT2D eigenvalue weighted by atomic mass is 9.97. The molecule has 0 aliphatic heterocycles. The quantitative estimate of drug-likeness (QED) is 0.785. The van der Waals surface area contributed by atoms with E-state index in [1.807, 2.05) is 24.3 Å². The van der Waals surface area contributed by atoms with Crippen molar-refractivity contribution in [1.82, 2.24) is 4.90 Å². The van der Waals surface area contributed by atoms with Crippen molar-refractivity contribution in [2.45, 2.75) is 39.0 Å². The number of halogens is 1. The minimum Gasteiger partial charge on any atom is -0.395 e. The first kappa shape index (κ1) is 17.2. The zero-order valence-electron chi connectivity index (χ0n) is 12.3. The molecule has 112 valence electrons. The van der Waals surface area contributed by atoms with Gasteiger partial charge in [0.05, 0.1) is 6.61 Å². The molecule has 1 amide bonds. The lowest BCUT2D eigenvalue weighted by Gasteiger charge is -2.23. The molecule has 0 aromatic heterocycles. The van der Waals surface area contributed by atoms with Gasteiger partial charge in [0.1, 0.15) is 0 Å². The highest BCUT2D eigenvalue weighted by Gasteiger charge is 2.17. The highest BCUT2D eigenvalue weighted by Crippen LogP contribution is 2.22. The maximum atomic E-state index is 12.3. The van der Waals surface area contributed by atoms with Crippen molar-refractivity contribution in [2.75, 3.05) is 19.7 Å². The van der Waals surface area contributed by atoms with Gasteiger partial charge in [0.25, 0.3) is 0 Å². The minimum atomic E-state index is 0.0299. The van der Waals surface area contributed by atoms with E-state index < -0.39 is 0 Å². The van der Waals surface area contributed by atoms with Gasteiger partial charge >= 0.3 is 0 Å². The Kier molecular flexibility index (Phi) is 7.85. The molecule has 0 radical (unpaired) electrons. The average molecular weight is 342 g/mol. The molecule has 1 N–H and O–H groups in total. The lowest BCUT2D eigenvalue weighted by Crippen LogP contribution is -2.35. The summed E-state index contributed by atoms with van der Waals surface area (Å²) >= 11 is 3.41. The molecule has 0 heterocycles. The fourth-order valence-corrected chi connectivity index (χ4v) is 2.40. The number of rotatable bonds is 8. The van der Waals surface area contributed by atoms with Gasteiger partial charge < -0.3 is 10.0 Å². The Hall–Kier alpha value is -0.870. The van der Waals surface area contributed by atoms with Crippen LogP contribution in [0.25, 0.3) is 0 Å². The zero-order valence-corrected chi connectivity index (χ0v) is 13.9. The van der Waals surface area contributed by atoms with Crippen LogP contribution in [0.5, 0.6) is 0 Å². The number of unbranched alkanes of at least 4 members (excludes halogenated alkanes) is 1. The van der Waals surface area contributed by atoms with Gasteiger partial charge in [0.15, 0.2) is 0 Å². The Morgan fingerprint density at radius 3 is 2.50 bits per heavy atom. The van der Waals surface area contributed by atoms with Crippen LogP contribution in [0.3, 0.4) is 0 Å². The topological polar surface area (TPSA) is 40.5 Å². The summed E-state index contributed by atoms with van der Waals surface area (Å²) in [5.74, 6) is 0.321. The molecule has 1 aromatic rings. The molecule has 0 aliphatic rings. The number of nitrogens with zero attached hydrogens (tertiary/aromatic N) is 1. The van der Waals surface area contributed by atoms with Crippen LogP contribution in [-0.2, 0) is 4.79 Å². The van der Waals surface area contributed by atoms with Gasteiger partial charge in [-0.25, -0.2) is 0 Å². The largest absolute Gasteiger partial charge is 0.395 e. The summed E-state index contributed by atoms with van der Waals surface area (Å²) in [5.41, 5.74) is 1.17. The number of hydrogen-bond donors (Lipinski definition) is 1. The molecular formula is C16H24BrNO2. The third-order valence-corrected chi connectivity index (χ3v) is 3.95. The molecule has 1 rings (SSSR count). The second-order valence-corrected chi connectivity index (χ2v) is 6.03. The van der Waals surface area contributed by atoms with E-state index in [1.54, 1.807) is 4.90 Å². The highest BCUT2D eigenvalue weighted by molar-refractivity contribution is 9.10. The van der Waals surface area contributed by atoms with Crippen LogP contribution < -0.4 is 0 Å². The number of benzene rings is 1. The van der Waals surface area contributed by atoms with Gasteiger partial charge in [0, 0.05) is 24.0 Å². The van der Waals surface area contributed by atoms with Gasteiger partial charge in [0.2, 0.25) is 5.91 Å². The number of aliphatic hydroxyl groups excluding tert-OH is 1. The van der Waals surface area contributed by atoms with Crippen LogP contribution in [0.15, 0.2) is 28.7 Å². The predicted molar refractivity (Wildman–Crippen MR) is 85.7 cm³/mol. The third-order valence-electron chi connectivity index (χ3n) is 3.42. The predicted octanol–water partition coefficient (Wildman–Crippen LogP) is 3.56. The van der Waals surface area contributed by atoms with Crippen LogP contribution in [0, 0.1) is 0 Å². The van der Waals surface area contributed by atoms with Crippen molar-refractivity contribution >= 4 is 21.8 Å². The van der Waals surface area contributed by atoms with Crippen LogP contribution in [0.1, 0.15) is 44.6 Å². The Morgan fingerprint density at radius 1 is 1.30 bits per heavy atom. The first-order valence-corrected chi connectivity index (χ1v) is 8.01. The van der Waals surface area contributed by atoms with Crippen molar-refractivity contribution in [3.05, 3.63) is 34.3 Å². The van der Waals surface area contributed by atoms with Gasteiger partial charge in [-0.05, 0) is 30.0 Å². The van der Waals surface area contributed by atoms with Crippen molar-refractivity contribution in [1.29, 1.82) is 0 Å². The molecule has 0 aliphatic carbocycles. The van der Waals surface area contributed by atoms with Gasteiger partial charge in [-0.3, -0.25) is 4.79 Å². The first-order valence-electron chi connectivity index (χ1n) is 7.22. The summed E-state index contributed by atoms with van der Waals surface area (Å²) < 4.78 is 1.05. The Balaban J connectivity index is 2.59. The standard InChI is InChI=1S/C16H24BrNO2/c1-3-4-9-18(10-11-19)16(20)12-13(2)14-5-7-15(17)8-6-14/h5-8,13,19H,3-4,9-12H2,1-2H3. The van der Waals surface area contributed by atoms with Gasteiger partial charge in [-0.15, -0.1) is 0 Å². The summed E-state index contributed by atoms with van der Waals surface area (Å²) in [4.78, 5) is 14.1. The Morgan fingerprint density at radius 2 is 1.95 bits per heavy atom. The fourth-order valence-electron chi connectivity index (χ4n) is 2.13. The molecule has 1 atom stereocenters. The maximum Gasteiger partial charge on any atom is 0.223 e. The van der Waals surface area contributed by atoms with E-state index >= 15 is 0 Å². The summed E-state index contributed by atoms with van der Waals surface area (Å²) in [5, 5.41) is 9.07. The van der Waals surface area contributed by atoms with Gasteiger partial charge in [-0.1, -0.05) is 48.3 Å². The van der Waals surface area contributed by atoms with Crippen LogP contribution in [0.2, 0.25) is 0 Å². The second-order valence-electron chi connectivity index (χ2n) is 5.11. The van der Waals surface area contributed by atoms with Crippen LogP contribution in [0.4, 0.5) is 0 Å². The van der Waals surface area contributed by atoms with E-state index in [9.17, 15) is 4.79 Å². The molecule has 4 heteroatoms. The monoisotopic (exact) mass is 341 g/mol. The maximum absolute atomic E-state index is 12.3. The first-order chi connectivity index (χ1) is 9.58. The number of amides is 1. The van der Waals surface area contributed by atoms with E-state index in [0.717, 1.165) is 23.9 Å². The van der Waals surface area contributed by atoms with Crippen molar-refractivity contribution in [2.24, 2.45) is 0 Å². The number of aliphatic hydroxyl groups is 1. The lowest BCUT2D eigenvalue weighted by molar-refractivity contribution is -0.132. The molecule has 3 nitrogen and oxygen atoms in total. The zero-order chi connectivity index (χ0) is 15.0. The summed E-state index contributed by atoms with van der Waals surface area (Å²) in [6.45, 7) is 5.38. The summed E-state index contributed by atoms with van der Waals surface area (Å²) in [6.07, 6.45) is 2.53. The Bertz CT molecular complexity index is 405.